The third kappa shape index (κ3) is 3.65. The Labute approximate surface area is 208 Å². The van der Waals surface area contributed by atoms with Gasteiger partial charge < -0.3 is 14.5 Å². The quantitative estimate of drug-likeness (QED) is 0.392. The average Bonchev–Trinajstić information content (AvgIpc) is 3.27. The number of nitrogens with zero attached hydrogens (tertiary/aromatic N) is 2. The summed E-state index contributed by atoms with van der Waals surface area (Å²) in [6.07, 6.45) is 13.9. The van der Waals surface area contributed by atoms with E-state index in [0.29, 0.717) is 36.3 Å². The van der Waals surface area contributed by atoms with E-state index >= 15 is 0 Å². The van der Waals surface area contributed by atoms with Crippen LogP contribution in [-0.4, -0.2) is 61.6 Å². The van der Waals surface area contributed by atoms with Crippen molar-refractivity contribution in [2.24, 2.45) is 34.5 Å². The summed E-state index contributed by atoms with van der Waals surface area (Å²) in [5.41, 5.74) is 3.32. The summed E-state index contributed by atoms with van der Waals surface area (Å²) in [5, 5.41) is 0. The topological polar surface area (TPSA) is 32.8 Å². The van der Waals surface area contributed by atoms with Crippen molar-refractivity contribution in [3.05, 3.63) is 23.3 Å². The zero-order valence-corrected chi connectivity index (χ0v) is 22.8. The van der Waals surface area contributed by atoms with Crippen molar-refractivity contribution in [1.82, 2.24) is 9.80 Å². The van der Waals surface area contributed by atoms with E-state index in [-0.39, 0.29) is 22.9 Å². The summed E-state index contributed by atoms with van der Waals surface area (Å²) in [4.78, 5) is 18.1. The lowest BCUT2D eigenvalue weighted by Crippen LogP contribution is -2.59. The number of allylic oxidation sites excluding steroid dienone is 2. The van der Waals surface area contributed by atoms with E-state index in [1.807, 2.05) is 6.08 Å². The lowest BCUT2D eigenvalue weighted by molar-refractivity contribution is -0.177. The van der Waals surface area contributed by atoms with E-state index in [2.05, 4.69) is 64.7 Å². The molecule has 1 spiro atoms. The number of likely N-dealkylation sites (tertiary alicyclic amines) is 1. The summed E-state index contributed by atoms with van der Waals surface area (Å²) < 4.78 is 6.55. The van der Waals surface area contributed by atoms with Gasteiger partial charge in [-0.05, 0) is 116 Å². The minimum absolute atomic E-state index is 0.0151. The lowest BCUT2D eigenvalue weighted by atomic mass is 9.46. The maximum atomic E-state index is 13.1. The molecule has 0 radical (unpaired) electrons. The first-order chi connectivity index (χ1) is 16.1. The van der Waals surface area contributed by atoms with Crippen LogP contribution in [0.2, 0.25) is 0 Å². The van der Waals surface area contributed by atoms with Crippen molar-refractivity contribution in [3.8, 4) is 0 Å². The number of hydrogen-bond donors (Lipinski definition) is 0. The fraction of sp³-hybridized carbons (Fsp3) is 0.833. The van der Waals surface area contributed by atoms with Crippen LogP contribution in [0.1, 0.15) is 79.1 Å². The number of ether oxygens (including phenoxy) is 1. The molecule has 1 heterocycles. The van der Waals surface area contributed by atoms with Gasteiger partial charge in [-0.2, -0.15) is 0 Å². The van der Waals surface area contributed by atoms with Crippen LogP contribution in [0.5, 0.6) is 0 Å². The molecule has 9 unspecified atom stereocenters. The molecule has 5 aliphatic rings. The molecule has 0 N–H and O–H groups in total. The molecule has 9 atom stereocenters. The second kappa shape index (κ2) is 8.76. The summed E-state index contributed by atoms with van der Waals surface area (Å²) in [6, 6.07) is 1.25. The number of esters is 1. The van der Waals surface area contributed by atoms with E-state index in [1.54, 1.807) is 5.57 Å². The second-order valence-electron chi connectivity index (χ2n) is 13.3. The van der Waals surface area contributed by atoms with Crippen LogP contribution in [0.3, 0.4) is 0 Å². The van der Waals surface area contributed by atoms with Crippen LogP contribution in [0.15, 0.2) is 23.3 Å². The number of fused-ring (bicyclic) bond motifs is 4. The van der Waals surface area contributed by atoms with Crippen molar-refractivity contribution in [3.63, 3.8) is 0 Å². The molecule has 4 fully saturated rings. The van der Waals surface area contributed by atoms with E-state index in [4.69, 9.17) is 4.74 Å². The molecular formula is C30H48N2O2. The number of carbonyl (C=O) groups is 1. The van der Waals surface area contributed by atoms with Gasteiger partial charge in [-0.15, -0.1) is 0 Å². The zero-order valence-electron chi connectivity index (χ0n) is 22.8. The van der Waals surface area contributed by atoms with Crippen LogP contribution >= 0.6 is 0 Å². The van der Waals surface area contributed by atoms with Crippen LogP contribution in [0.25, 0.3) is 0 Å². The van der Waals surface area contributed by atoms with Gasteiger partial charge in [0, 0.05) is 24.0 Å². The molecule has 4 aliphatic carbocycles. The second-order valence-corrected chi connectivity index (χ2v) is 13.3. The SMILES string of the molecule is CC(C)=CCC(=O)OC1CC2C(CC=C3CC(N(C)C)CCC32C)C2CCC3C(C)N(C)CC123. The summed E-state index contributed by atoms with van der Waals surface area (Å²) in [7, 11) is 6.77. The normalized spacial score (nSPS) is 45.6. The Hall–Kier alpha value is -1.13. The molecule has 0 aromatic carbocycles. The summed E-state index contributed by atoms with van der Waals surface area (Å²) in [5.74, 6) is 2.73. The molecule has 34 heavy (non-hydrogen) atoms. The highest BCUT2D eigenvalue weighted by molar-refractivity contribution is 5.71. The Bertz CT molecular complexity index is 873. The van der Waals surface area contributed by atoms with Gasteiger partial charge in [0.2, 0.25) is 0 Å². The zero-order chi connectivity index (χ0) is 24.4. The number of carbonyl (C=O) groups excluding carboxylic acids is 1. The third-order valence-corrected chi connectivity index (χ3v) is 11.4. The van der Waals surface area contributed by atoms with E-state index in [0.717, 1.165) is 18.9 Å². The molecule has 0 bridgehead atoms. The van der Waals surface area contributed by atoms with Crippen molar-refractivity contribution in [2.75, 3.05) is 27.7 Å². The minimum atomic E-state index is -0.0151. The van der Waals surface area contributed by atoms with E-state index in [1.165, 1.54) is 44.1 Å². The maximum Gasteiger partial charge on any atom is 0.309 e. The maximum absolute atomic E-state index is 13.1. The van der Waals surface area contributed by atoms with Gasteiger partial charge in [-0.3, -0.25) is 4.79 Å². The van der Waals surface area contributed by atoms with Crippen molar-refractivity contribution in [1.29, 1.82) is 0 Å². The molecule has 0 aromatic rings. The first-order valence-electron chi connectivity index (χ1n) is 14.0. The summed E-state index contributed by atoms with van der Waals surface area (Å²) >= 11 is 0. The van der Waals surface area contributed by atoms with Crippen molar-refractivity contribution >= 4 is 5.97 Å². The highest BCUT2D eigenvalue weighted by Gasteiger charge is 2.68. The van der Waals surface area contributed by atoms with Crippen LogP contribution in [-0.2, 0) is 9.53 Å². The van der Waals surface area contributed by atoms with Crippen LogP contribution in [0, 0.1) is 34.5 Å². The third-order valence-electron chi connectivity index (χ3n) is 11.4. The molecule has 190 valence electrons. The first kappa shape index (κ1) is 24.6. The van der Waals surface area contributed by atoms with Gasteiger partial charge in [-0.25, -0.2) is 0 Å². The average molecular weight is 469 g/mol. The molecule has 5 rings (SSSR count). The predicted molar refractivity (Wildman–Crippen MR) is 138 cm³/mol. The molecule has 0 aromatic heterocycles. The van der Waals surface area contributed by atoms with Gasteiger partial charge in [-0.1, -0.05) is 30.2 Å². The number of hydrogen-bond acceptors (Lipinski definition) is 4. The van der Waals surface area contributed by atoms with Crippen LogP contribution in [0.4, 0.5) is 0 Å². The monoisotopic (exact) mass is 468 g/mol. The van der Waals surface area contributed by atoms with Gasteiger partial charge in [0.05, 0.1) is 6.42 Å². The molecule has 4 nitrogen and oxygen atoms in total. The fourth-order valence-corrected chi connectivity index (χ4v) is 9.47. The van der Waals surface area contributed by atoms with Gasteiger partial charge in [0.1, 0.15) is 6.10 Å². The Morgan fingerprint density at radius 1 is 1.21 bits per heavy atom. The Balaban J connectivity index is 1.49. The lowest BCUT2D eigenvalue weighted by Gasteiger charge is -2.60. The Morgan fingerprint density at radius 2 is 1.94 bits per heavy atom. The van der Waals surface area contributed by atoms with E-state index < -0.39 is 0 Å². The molecule has 1 aliphatic heterocycles. The van der Waals surface area contributed by atoms with Crippen LogP contribution < -0.4 is 0 Å². The minimum Gasteiger partial charge on any atom is -0.461 e. The predicted octanol–water partition coefficient (Wildman–Crippen LogP) is 5.69. The summed E-state index contributed by atoms with van der Waals surface area (Å²) in [6.45, 7) is 10.2. The standard InChI is InChI=1S/C30H48N2O2/c1-19(2)8-13-28(33)34-27-17-26-23(25-12-11-24-20(3)32(7)18-30(24,25)27)10-9-21-16-22(31(5)6)14-15-29(21,26)4/h8-9,20,22-27H,10-18H2,1-7H3. The van der Waals surface area contributed by atoms with Gasteiger partial charge in [0.15, 0.2) is 0 Å². The Kier molecular flexibility index (Phi) is 6.33. The van der Waals surface area contributed by atoms with Crippen molar-refractivity contribution < 1.29 is 9.53 Å². The molecule has 4 heteroatoms. The molecule has 3 saturated carbocycles. The van der Waals surface area contributed by atoms with E-state index in [9.17, 15) is 4.79 Å². The molecule has 1 saturated heterocycles. The largest absolute Gasteiger partial charge is 0.461 e. The smallest absolute Gasteiger partial charge is 0.309 e. The molecular weight excluding hydrogens is 420 g/mol. The van der Waals surface area contributed by atoms with Gasteiger partial charge >= 0.3 is 5.97 Å². The van der Waals surface area contributed by atoms with Gasteiger partial charge in [0.25, 0.3) is 0 Å². The Morgan fingerprint density at radius 3 is 2.65 bits per heavy atom. The number of rotatable bonds is 4. The first-order valence-corrected chi connectivity index (χ1v) is 14.0. The highest BCUT2D eigenvalue weighted by Crippen LogP contribution is 2.69. The fourth-order valence-electron chi connectivity index (χ4n) is 9.47. The van der Waals surface area contributed by atoms with Crippen molar-refractivity contribution in [2.45, 2.75) is 97.2 Å². The molecule has 0 amide bonds. The highest BCUT2D eigenvalue weighted by atomic mass is 16.5.